The zero-order valence-corrected chi connectivity index (χ0v) is 25.9. The summed E-state index contributed by atoms with van der Waals surface area (Å²) in [4.78, 5) is 15.7. The van der Waals surface area contributed by atoms with Gasteiger partial charge in [0.25, 0.3) is 5.91 Å². The van der Waals surface area contributed by atoms with Crippen LogP contribution in [-0.2, 0) is 13.0 Å². The number of piperidine rings is 1. The van der Waals surface area contributed by atoms with Gasteiger partial charge in [-0.05, 0) is 91.8 Å². The molecule has 42 heavy (non-hydrogen) atoms. The number of methoxy groups -OCH3 is 1. The molecule has 0 aromatic heterocycles. The third kappa shape index (κ3) is 8.52. The number of benzene rings is 3. The molecule has 224 valence electrons. The van der Waals surface area contributed by atoms with Gasteiger partial charge in [0.1, 0.15) is 17.6 Å². The van der Waals surface area contributed by atoms with E-state index >= 15 is 0 Å². The summed E-state index contributed by atoms with van der Waals surface area (Å²) in [6.45, 7) is 5.28. The Hall–Kier alpha value is -3.02. The highest BCUT2D eigenvalue weighted by Crippen LogP contribution is 2.37. The molecule has 1 aliphatic carbocycles. The van der Waals surface area contributed by atoms with Gasteiger partial charge in [0, 0.05) is 31.2 Å². The number of halogens is 1. The van der Waals surface area contributed by atoms with E-state index in [-0.39, 0.29) is 23.5 Å². The van der Waals surface area contributed by atoms with E-state index in [0.717, 1.165) is 70.3 Å². The molecule has 3 aromatic rings. The number of hydrogen-bond acceptors (Lipinski definition) is 4. The molecule has 2 fully saturated rings. The third-order valence-corrected chi connectivity index (χ3v) is 9.37. The fourth-order valence-corrected chi connectivity index (χ4v) is 6.73. The molecule has 1 saturated heterocycles. The van der Waals surface area contributed by atoms with E-state index in [1.807, 2.05) is 24.3 Å². The molecule has 1 N–H and O–H groups in total. The topological polar surface area (TPSA) is 50.8 Å². The van der Waals surface area contributed by atoms with Crippen LogP contribution in [0.3, 0.4) is 0 Å². The van der Waals surface area contributed by atoms with Crippen LogP contribution >= 0.6 is 11.6 Å². The largest absolute Gasteiger partial charge is 0.497 e. The molecule has 2 atom stereocenters. The van der Waals surface area contributed by atoms with E-state index < -0.39 is 0 Å². The number of ether oxygens (including phenoxy) is 2. The molecule has 5 nitrogen and oxygen atoms in total. The second kappa shape index (κ2) is 14.4. The molecule has 6 heteroatoms. The Bertz CT molecular complexity index is 1290. The first-order valence-electron chi connectivity index (χ1n) is 15.6. The molecule has 0 radical (unpaired) electrons. The summed E-state index contributed by atoms with van der Waals surface area (Å²) in [5, 5.41) is 3.81. The first-order chi connectivity index (χ1) is 20.4. The van der Waals surface area contributed by atoms with Crippen LogP contribution in [0.4, 0.5) is 0 Å². The minimum atomic E-state index is -0.0503. The van der Waals surface area contributed by atoms with E-state index in [2.05, 4.69) is 59.6 Å². The number of nitrogens with one attached hydrogen (secondary N) is 1. The van der Waals surface area contributed by atoms with Gasteiger partial charge in [-0.3, -0.25) is 9.69 Å². The maximum Gasteiger partial charge on any atom is 0.251 e. The number of rotatable bonds is 9. The summed E-state index contributed by atoms with van der Waals surface area (Å²) in [6.07, 6.45) is 9.82. The van der Waals surface area contributed by atoms with Crippen LogP contribution in [0, 0.1) is 5.41 Å². The molecule has 1 aliphatic heterocycles. The molecule has 1 heterocycles. The van der Waals surface area contributed by atoms with Crippen LogP contribution in [0.15, 0.2) is 72.8 Å². The van der Waals surface area contributed by atoms with Gasteiger partial charge < -0.3 is 14.8 Å². The Morgan fingerprint density at radius 3 is 2.40 bits per heavy atom. The van der Waals surface area contributed by atoms with E-state index in [4.69, 9.17) is 21.1 Å². The van der Waals surface area contributed by atoms with Gasteiger partial charge in [0.15, 0.2) is 0 Å². The maximum absolute atomic E-state index is 13.2. The highest BCUT2D eigenvalue weighted by molar-refractivity contribution is 6.32. The first-order valence-corrected chi connectivity index (χ1v) is 15.9. The third-order valence-electron chi connectivity index (χ3n) is 9.08. The molecular weight excluding hydrogens is 544 g/mol. The van der Waals surface area contributed by atoms with Gasteiger partial charge in [0.2, 0.25) is 0 Å². The fraction of sp³-hybridized carbons (Fsp3) is 0.472. The van der Waals surface area contributed by atoms with Gasteiger partial charge in [-0.2, -0.15) is 0 Å². The van der Waals surface area contributed by atoms with Crippen molar-refractivity contribution in [2.24, 2.45) is 5.41 Å². The van der Waals surface area contributed by atoms with E-state index in [1.54, 1.807) is 13.2 Å². The van der Waals surface area contributed by atoms with Crippen molar-refractivity contribution in [2.75, 3.05) is 20.2 Å². The lowest BCUT2D eigenvalue weighted by Gasteiger charge is -2.34. The van der Waals surface area contributed by atoms with Crippen LogP contribution in [0.5, 0.6) is 11.5 Å². The lowest BCUT2D eigenvalue weighted by Crippen LogP contribution is -2.38. The molecule has 1 saturated carbocycles. The van der Waals surface area contributed by atoms with Gasteiger partial charge >= 0.3 is 0 Å². The van der Waals surface area contributed by atoms with Crippen molar-refractivity contribution in [3.05, 3.63) is 94.5 Å². The second-order valence-corrected chi connectivity index (χ2v) is 12.9. The first kappa shape index (κ1) is 30.4. The Morgan fingerprint density at radius 2 is 1.69 bits per heavy atom. The molecule has 3 aromatic carbocycles. The van der Waals surface area contributed by atoms with Crippen molar-refractivity contribution >= 4 is 17.5 Å². The predicted molar refractivity (Wildman–Crippen MR) is 171 cm³/mol. The summed E-state index contributed by atoms with van der Waals surface area (Å²) in [7, 11) is 1.69. The molecule has 2 aliphatic rings. The van der Waals surface area contributed by atoms with Crippen LogP contribution in [0.1, 0.15) is 79.8 Å². The minimum Gasteiger partial charge on any atom is -0.497 e. The van der Waals surface area contributed by atoms with Gasteiger partial charge in [0.05, 0.1) is 12.1 Å². The second-order valence-electron chi connectivity index (χ2n) is 12.5. The maximum atomic E-state index is 13.2. The Kier molecular flexibility index (Phi) is 10.5. The molecule has 2 unspecified atom stereocenters. The normalized spacial score (nSPS) is 22.1. The van der Waals surface area contributed by atoms with Crippen molar-refractivity contribution < 1.29 is 14.3 Å². The van der Waals surface area contributed by atoms with Crippen LogP contribution in [0.25, 0.3) is 0 Å². The van der Waals surface area contributed by atoms with E-state index in [0.29, 0.717) is 16.3 Å². The van der Waals surface area contributed by atoms with Gasteiger partial charge in [-0.15, -0.1) is 0 Å². The molecule has 0 spiro atoms. The number of hydrogen-bond donors (Lipinski definition) is 1. The Morgan fingerprint density at radius 1 is 0.929 bits per heavy atom. The Labute approximate surface area is 256 Å². The summed E-state index contributed by atoms with van der Waals surface area (Å²) in [6, 6.07) is 24.7. The highest BCUT2D eigenvalue weighted by atomic mass is 35.5. The smallest absolute Gasteiger partial charge is 0.251 e. The molecule has 5 rings (SSSR count). The molecule has 0 bridgehead atoms. The monoisotopic (exact) mass is 588 g/mol. The van der Waals surface area contributed by atoms with Crippen molar-refractivity contribution in [2.45, 2.75) is 83.4 Å². The standard InChI is InChI=1S/C36H45ClN2O3/c1-36(25-27-8-4-3-5-9-27)20-7-6-10-30(17-21-36)38-35(40)29-13-16-34(33(37)24-29)42-32-18-22-39(23-19-32)26-28-11-14-31(41-2)15-12-28/h3-5,8-9,11-16,24,30,32H,6-7,10,17-23,25-26H2,1-2H3,(H,38,40). The number of carbonyl (C=O) groups is 1. The lowest BCUT2D eigenvalue weighted by atomic mass is 9.73. The quantitative estimate of drug-likeness (QED) is 0.274. The van der Waals surface area contributed by atoms with E-state index in [1.165, 1.54) is 24.0 Å². The number of carbonyl (C=O) groups excluding carboxylic acids is 1. The SMILES string of the molecule is COc1ccc(CN2CCC(Oc3ccc(C(=O)NC4CCCCC(C)(Cc5ccccc5)CC4)cc3Cl)CC2)cc1. The molecular formula is C36H45ClN2O3. The molecule has 1 amide bonds. The summed E-state index contributed by atoms with van der Waals surface area (Å²) >= 11 is 6.63. The van der Waals surface area contributed by atoms with Crippen LogP contribution in [-0.4, -0.2) is 43.2 Å². The number of likely N-dealkylation sites (tertiary alicyclic amines) is 1. The average Bonchev–Trinajstić information content (AvgIpc) is 3.00. The van der Waals surface area contributed by atoms with Crippen LogP contribution in [0.2, 0.25) is 5.02 Å². The van der Waals surface area contributed by atoms with Crippen molar-refractivity contribution in [1.82, 2.24) is 10.2 Å². The lowest BCUT2D eigenvalue weighted by molar-refractivity contribution is 0.0920. The minimum absolute atomic E-state index is 0.0503. The van der Waals surface area contributed by atoms with Gasteiger partial charge in [-0.1, -0.05) is 73.8 Å². The number of amides is 1. The summed E-state index contributed by atoms with van der Waals surface area (Å²) < 4.78 is 11.6. The van der Waals surface area contributed by atoms with Crippen molar-refractivity contribution in [3.8, 4) is 11.5 Å². The van der Waals surface area contributed by atoms with Crippen molar-refractivity contribution in [1.29, 1.82) is 0 Å². The highest BCUT2D eigenvalue weighted by Gasteiger charge is 2.28. The zero-order chi connectivity index (χ0) is 29.4. The average molecular weight is 589 g/mol. The zero-order valence-electron chi connectivity index (χ0n) is 25.1. The van der Waals surface area contributed by atoms with Crippen molar-refractivity contribution in [3.63, 3.8) is 0 Å². The fourth-order valence-electron chi connectivity index (χ4n) is 6.50. The summed E-state index contributed by atoms with van der Waals surface area (Å²) in [5.74, 6) is 1.49. The summed E-state index contributed by atoms with van der Waals surface area (Å²) in [5.41, 5.74) is 3.54. The predicted octanol–water partition coefficient (Wildman–Crippen LogP) is 8.09. The van der Waals surface area contributed by atoms with Gasteiger partial charge in [-0.25, -0.2) is 0 Å². The Balaban J connectivity index is 1.10. The number of nitrogens with zero attached hydrogens (tertiary/aromatic N) is 1. The van der Waals surface area contributed by atoms with Crippen LogP contribution < -0.4 is 14.8 Å². The van der Waals surface area contributed by atoms with E-state index in [9.17, 15) is 4.79 Å².